The third-order valence-corrected chi connectivity index (χ3v) is 10.7. The Morgan fingerprint density at radius 2 is 0.528 bits per heavy atom. The largest absolute Gasteiger partial charge is 0.487 e. The second-order valence-electron chi connectivity index (χ2n) is 12.6. The summed E-state index contributed by atoms with van der Waals surface area (Å²) in [5.74, 6) is -22.4. The first kappa shape index (κ1) is 50.9. The van der Waals surface area contributed by atoms with Crippen molar-refractivity contribution in [1.29, 1.82) is 0 Å². The van der Waals surface area contributed by atoms with Crippen LogP contribution >= 0.6 is 0 Å². The lowest BCUT2D eigenvalue weighted by molar-refractivity contribution is 0.255. The zero-order valence-corrected chi connectivity index (χ0v) is 33.2. The zero-order chi connectivity index (χ0) is 38.7. The van der Waals surface area contributed by atoms with Crippen LogP contribution in [0, 0.1) is 58.2 Å². The molecule has 0 atom stereocenters. The molecule has 0 spiro atoms. The molecule has 0 aromatic heterocycles. The summed E-state index contributed by atoms with van der Waals surface area (Å²) in [4.78, 5) is 0. The molecule has 4 nitrogen and oxygen atoms in total. The molecule has 0 N–H and O–H groups in total. The Balaban J connectivity index is 0.00000100. The Morgan fingerprint density at radius 3 is 0.774 bits per heavy atom. The first-order valence-electron chi connectivity index (χ1n) is 18.3. The topological polar surface area (TPSA) is 36.9 Å². The lowest BCUT2D eigenvalue weighted by atomic mass is 10.1. The van der Waals surface area contributed by atoms with E-state index < -0.39 is 69.7 Å². The van der Waals surface area contributed by atoms with Crippen LogP contribution in [0.1, 0.15) is 116 Å². The highest BCUT2D eigenvalue weighted by Crippen LogP contribution is 2.30. The van der Waals surface area contributed by atoms with Crippen molar-refractivity contribution in [2.45, 2.75) is 128 Å². The summed E-state index contributed by atoms with van der Waals surface area (Å²) in [7, 11) is 2.96. The minimum Gasteiger partial charge on any atom is -0.487 e. The lowest BCUT2D eigenvalue weighted by Crippen LogP contribution is -2.08. The molecule has 0 aliphatic rings. The van der Waals surface area contributed by atoms with Gasteiger partial charge in [-0.3, -0.25) is 0 Å². The third-order valence-electron chi connectivity index (χ3n) is 8.32. The SMILES string of the molecule is CO[SiH2]CCCCCCCCCCCOc1c(F)c(F)c(F)c(F)c1F.CO[SiH2]CCCCCCCCCCCOc1c(F)c(F)c(F)c(F)c1F.[SiH4]. The maximum Gasteiger partial charge on any atom is 0.206 e. The first-order valence-corrected chi connectivity index (χ1v) is 21.4. The minimum absolute atomic E-state index is 0. The Hall–Kier alpha value is -2.09. The summed E-state index contributed by atoms with van der Waals surface area (Å²) >= 11 is 0. The summed E-state index contributed by atoms with van der Waals surface area (Å²) in [5.41, 5.74) is 0. The van der Waals surface area contributed by atoms with Gasteiger partial charge in [-0.1, -0.05) is 103 Å². The Labute approximate surface area is 317 Å². The van der Waals surface area contributed by atoms with Gasteiger partial charge in [0.2, 0.25) is 58.2 Å². The van der Waals surface area contributed by atoms with Gasteiger partial charge in [-0.15, -0.1) is 0 Å². The molecule has 0 heterocycles. The van der Waals surface area contributed by atoms with Gasteiger partial charge in [-0.2, -0.15) is 17.6 Å². The van der Waals surface area contributed by atoms with Crippen LogP contribution < -0.4 is 9.47 Å². The molecule has 0 radical (unpaired) electrons. The lowest BCUT2D eigenvalue weighted by Gasteiger charge is -2.10. The van der Waals surface area contributed by atoms with Crippen LogP contribution in [0.5, 0.6) is 11.5 Å². The van der Waals surface area contributed by atoms with Gasteiger partial charge < -0.3 is 18.3 Å². The summed E-state index contributed by atoms with van der Waals surface area (Å²) in [6.07, 6.45) is 18.7. The molecule has 0 saturated carbocycles. The van der Waals surface area contributed by atoms with Crippen molar-refractivity contribution < 1.29 is 62.2 Å². The highest BCUT2D eigenvalue weighted by Gasteiger charge is 2.28. The van der Waals surface area contributed by atoms with Crippen LogP contribution in [-0.2, 0) is 8.85 Å². The maximum absolute atomic E-state index is 13.4. The van der Waals surface area contributed by atoms with E-state index in [1.165, 1.54) is 63.5 Å². The number of hydrogen-bond acceptors (Lipinski definition) is 4. The average Bonchev–Trinajstić information content (AvgIpc) is 3.14. The van der Waals surface area contributed by atoms with Crippen molar-refractivity contribution in [3.05, 3.63) is 58.2 Å². The van der Waals surface area contributed by atoms with Gasteiger partial charge >= 0.3 is 0 Å². The van der Waals surface area contributed by atoms with Gasteiger partial charge in [0.1, 0.15) is 0 Å². The second-order valence-corrected chi connectivity index (χ2v) is 15.9. The quantitative estimate of drug-likeness (QED) is 0.0282. The summed E-state index contributed by atoms with van der Waals surface area (Å²) in [5, 5.41) is 0. The van der Waals surface area contributed by atoms with E-state index in [-0.39, 0.29) is 43.7 Å². The van der Waals surface area contributed by atoms with Crippen molar-refractivity contribution in [2.75, 3.05) is 27.4 Å². The molecule has 0 unspecified atom stereocenters. The zero-order valence-electron chi connectivity index (χ0n) is 30.4. The van der Waals surface area contributed by atoms with Crippen molar-refractivity contribution >= 4 is 30.5 Å². The molecule has 0 fully saturated rings. The molecule has 2 rings (SSSR count). The third kappa shape index (κ3) is 19.9. The molecule has 2 aromatic carbocycles. The fourth-order valence-electron chi connectivity index (χ4n) is 5.30. The molecule has 0 amide bonds. The van der Waals surface area contributed by atoms with Crippen molar-refractivity contribution in [3.8, 4) is 11.5 Å². The molecule has 308 valence electrons. The Kier molecular flexibility index (Phi) is 29.9. The van der Waals surface area contributed by atoms with Gasteiger partial charge in [0.25, 0.3) is 0 Å². The fourth-order valence-corrected chi connectivity index (χ4v) is 6.99. The molecule has 0 aliphatic heterocycles. The average molecular weight is 829 g/mol. The molecule has 0 aliphatic carbocycles. The molecule has 0 bridgehead atoms. The number of unbranched alkanes of at least 4 members (excludes halogenated alkanes) is 16. The molecule has 17 heteroatoms. The van der Waals surface area contributed by atoms with Crippen LogP contribution in [0.25, 0.3) is 0 Å². The Bertz CT molecular complexity index is 1130. The molecular formula is C36H58F10O4Si3. The first-order chi connectivity index (χ1) is 25.0. The van der Waals surface area contributed by atoms with E-state index >= 15 is 0 Å². The van der Waals surface area contributed by atoms with Crippen molar-refractivity contribution in [1.82, 2.24) is 0 Å². The van der Waals surface area contributed by atoms with Crippen LogP contribution in [0.4, 0.5) is 43.9 Å². The van der Waals surface area contributed by atoms with E-state index in [4.69, 9.17) is 18.3 Å². The highest BCUT2D eigenvalue weighted by molar-refractivity contribution is 6.27. The monoisotopic (exact) mass is 828 g/mol. The van der Waals surface area contributed by atoms with Crippen LogP contribution in [0.15, 0.2) is 0 Å². The minimum atomic E-state index is -2.17. The van der Waals surface area contributed by atoms with E-state index in [1.54, 1.807) is 14.2 Å². The van der Waals surface area contributed by atoms with Crippen molar-refractivity contribution in [2.24, 2.45) is 0 Å². The van der Waals surface area contributed by atoms with Gasteiger partial charge in [0.05, 0.1) is 13.2 Å². The number of halogens is 10. The summed E-state index contributed by atoms with van der Waals surface area (Å²) in [6.45, 7) is -0.163. The molecular weight excluding hydrogens is 771 g/mol. The van der Waals surface area contributed by atoms with Crippen molar-refractivity contribution in [3.63, 3.8) is 0 Å². The van der Waals surface area contributed by atoms with E-state index in [0.717, 1.165) is 51.4 Å². The van der Waals surface area contributed by atoms with Crippen LogP contribution in [-0.4, -0.2) is 57.9 Å². The predicted octanol–water partition coefficient (Wildman–Crippen LogP) is 9.39. The molecule has 0 saturated heterocycles. The molecule has 2 aromatic rings. The van der Waals surface area contributed by atoms with Crippen LogP contribution in [0.2, 0.25) is 12.1 Å². The van der Waals surface area contributed by atoms with Crippen LogP contribution in [0.3, 0.4) is 0 Å². The van der Waals surface area contributed by atoms with E-state index in [0.29, 0.717) is 12.8 Å². The second kappa shape index (κ2) is 31.2. The summed E-state index contributed by atoms with van der Waals surface area (Å²) < 4.78 is 151. The van der Waals surface area contributed by atoms with Gasteiger partial charge in [-0.05, 0) is 35.9 Å². The summed E-state index contributed by atoms with van der Waals surface area (Å²) in [6, 6.07) is 2.47. The maximum atomic E-state index is 13.4. The Morgan fingerprint density at radius 1 is 0.321 bits per heavy atom. The van der Waals surface area contributed by atoms with Gasteiger partial charge in [0.15, 0.2) is 31.0 Å². The predicted molar refractivity (Wildman–Crippen MR) is 199 cm³/mol. The number of benzene rings is 2. The van der Waals surface area contributed by atoms with Gasteiger partial charge in [0, 0.05) is 14.2 Å². The number of rotatable bonds is 28. The fraction of sp³-hybridized carbons (Fsp3) is 0.667. The number of ether oxygens (including phenoxy) is 2. The molecule has 53 heavy (non-hydrogen) atoms. The smallest absolute Gasteiger partial charge is 0.206 e. The van der Waals surface area contributed by atoms with E-state index in [2.05, 4.69) is 0 Å². The van der Waals surface area contributed by atoms with E-state index in [9.17, 15) is 43.9 Å². The number of hydrogen-bond donors (Lipinski definition) is 0. The van der Waals surface area contributed by atoms with E-state index in [1.807, 2.05) is 0 Å². The standard InChI is InChI=1S/2C18H27F5O2Si.H4Si/c2*1-24-26-12-10-8-6-4-2-3-5-7-9-11-25-18-16(22)14(20)13(19)15(21)17(18)23;/h2*2-12,26H2,1H3;1H4. The van der Waals surface area contributed by atoms with Gasteiger partial charge in [-0.25, -0.2) is 26.3 Å². The normalized spacial score (nSPS) is 11.4. The highest BCUT2D eigenvalue weighted by atomic mass is 28.2.